The number of nitrogens with one attached hydrogen (secondary N) is 2. The molecule has 2 N–H and O–H groups in total. The summed E-state index contributed by atoms with van der Waals surface area (Å²) < 4.78 is 0. The van der Waals surface area contributed by atoms with Crippen molar-refractivity contribution in [3.8, 4) is 6.07 Å². The van der Waals surface area contributed by atoms with Crippen molar-refractivity contribution in [3.63, 3.8) is 0 Å². The summed E-state index contributed by atoms with van der Waals surface area (Å²) in [5.41, 5.74) is 2.49. The summed E-state index contributed by atoms with van der Waals surface area (Å²) >= 11 is 0. The van der Waals surface area contributed by atoms with Crippen molar-refractivity contribution in [2.75, 3.05) is 17.3 Å². The summed E-state index contributed by atoms with van der Waals surface area (Å²) in [6.45, 7) is 3.72. The number of nitriles is 1. The molecule has 1 fully saturated rings. The van der Waals surface area contributed by atoms with Crippen LogP contribution in [-0.2, 0) is 4.79 Å². The van der Waals surface area contributed by atoms with Crippen LogP contribution in [0.15, 0.2) is 30.6 Å². The van der Waals surface area contributed by atoms with Crippen LogP contribution in [0.2, 0.25) is 0 Å². The highest BCUT2D eigenvalue weighted by atomic mass is 16.2. The van der Waals surface area contributed by atoms with Crippen LogP contribution in [0.1, 0.15) is 54.3 Å². The van der Waals surface area contributed by atoms with Crippen LogP contribution in [0.4, 0.5) is 11.5 Å². The fourth-order valence-corrected chi connectivity index (χ4v) is 4.47. The Balaban J connectivity index is 1.80. The topological polar surface area (TPSA) is 111 Å². The number of carbonyl (C=O) groups excluding carboxylic acids is 2. The average Bonchev–Trinajstić information content (AvgIpc) is 3.59. The summed E-state index contributed by atoms with van der Waals surface area (Å²) in [4.78, 5) is 35.2. The summed E-state index contributed by atoms with van der Waals surface area (Å²) in [5, 5.41) is 15.1. The van der Waals surface area contributed by atoms with Gasteiger partial charge in [0.25, 0.3) is 5.91 Å². The number of nitrogens with zero attached hydrogens (tertiary/aromatic N) is 4. The Morgan fingerprint density at radius 1 is 1.23 bits per heavy atom. The summed E-state index contributed by atoms with van der Waals surface area (Å²) in [6.07, 6.45) is 5.18. The lowest BCUT2D eigenvalue weighted by molar-refractivity contribution is -0.117. The van der Waals surface area contributed by atoms with E-state index in [1.54, 1.807) is 20.0 Å². The summed E-state index contributed by atoms with van der Waals surface area (Å²) in [5.74, 6) is 0.927. The Labute approximate surface area is 175 Å². The second-order valence-electron chi connectivity index (χ2n) is 7.95. The molecule has 0 saturated heterocycles. The van der Waals surface area contributed by atoms with Gasteiger partial charge in [0.15, 0.2) is 5.69 Å². The van der Waals surface area contributed by atoms with Crippen LogP contribution in [0.5, 0.6) is 0 Å². The van der Waals surface area contributed by atoms with Crippen molar-refractivity contribution < 1.29 is 9.59 Å². The van der Waals surface area contributed by atoms with Crippen molar-refractivity contribution in [2.24, 2.45) is 11.8 Å². The average molecular weight is 404 g/mol. The SMILES string of the molecule is CNC(=O)c1ccc2c(c1)[C@H](Nc1cnc(C#N)cn1)[C@@H](C)[C@H](C1CC1)N2C(C)=O. The lowest BCUT2D eigenvalue weighted by Crippen LogP contribution is -2.51. The molecule has 2 amide bonds. The summed E-state index contributed by atoms with van der Waals surface area (Å²) in [7, 11) is 1.59. The van der Waals surface area contributed by atoms with Gasteiger partial charge < -0.3 is 15.5 Å². The maximum atomic E-state index is 12.6. The smallest absolute Gasteiger partial charge is 0.251 e. The van der Waals surface area contributed by atoms with Crippen LogP contribution in [0.25, 0.3) is 0 Å². The number of carbonyl (C=O) groups is 2. The van der Waals surface area contributed by atoms with Gasteiger partial charge in [-0.2, -0.15) is 5.26 Å². The van der Waals surface area contributed by atoms with E-state index in [1.807, 2.05) is 23.1 Å². The van der Waals surface area contributed by atoms with Gasteiger partial charge in [-0.05, 0) is 42.5 Å². The van der Waals surface area contributed by atoms with Crippen molar-refractivity contribution in [3.05, 3.63) is 47.4 Å². The van der Waals surface area contributed by atoms with Crippen molar-refractivity contribution in [2.45, 2.75) is 38.8 Å². The summed E-state index contributed by atoms with van der Waals surface area (Å²) in [6, 6.07) is 7.35. The molecule has 3 atom stereocenters. The fraction of sp³-hybridized carbons (Fsp3) is 0.409. The predicted molar refractivity (Wildman–Crippen MR) is 112 cm³/mol. The molecule has 2 aromatic rings. The van der Waals surface area contributed by atoms with E-state index >= 15 is 0 Å². The van der Waals surface area contributed by atoms with Crippen molar-refractivity contribution in [1.29, 1.82) is 5.26 Å². The number of anilines is 2. The molecule has 0 unspecified atom stereocenters. The number of hydrogen-bond acceptors (Lipinski definition) is 6. The number of fused-ring (bicyclic) bond motifs is 1. The lowest BCUT2D eigenvalue weighted by atomic mass is 9.79. The Hall–Kier alpha value is -3.47. The Morgan fingerprint density at radius 2 is 2.00 bits per heavy atom. The van der Waals surface area contributed by atoms with Gasteiger partial charge in [-0.3, -0.25) is 9.59 Å². The van der Waals surface area contributed by atoms with Gasteiger partial charge in [0.1, 0.15) is 11.9 Å². The van der Waals surface area contributed by atoms with Crippen molar-refractivity contribution in [1.82, 2.24) is 15.3 Å². The first kappa shape index (κ1) is 19.8. The van der Waals surface area contributed by atoms with Crippen molar-refractivity contribution >= 4 is 23.3 Å². The molecule has 2 aliphatic rings. The molecular weight excluding hydrogens is 380 g/mol. The molecule has 154 valence electrons. The minimum atomic E-state index is -0.180. The quantitative estimate of drug-likeness (QED) is 0.810. The molecule has 1 saturated carbocycles. The molecule has 1 aliphatic heterocycles. The first-order valence-electron chi connectivity index (χ1n) is 10.1. The van der Waals surface area contributed by atoms with E-state index in [4.69, 9.17) is 5.26 Å². The van der Waals surface area contributed by atoms with Gasteiger partial charge in [0, 0.05) is 37.2 Å². The van der Waals surface area contributed by atoms with E-state index in [1.165, 1.54) is 12.4 Å². The number of aromatic nitrogens is 2. The van der Waals surface area contributed by atoms with Crippen LogP contribution < -0.4 is 15.5 Å². The molecule has 0 radical (unpaired) electrons. The van der Waals surface area contributed by atoms with E-state index in [9.17, 15) is 9.59 Å². The first-order chi connectivity index (χ1) is 14.4. The van der Waals surface area contributed by atoms with E-state index in [-0.39, 0.29) is 35.5 Å². The molecular formula is C22H24N6O2. The first-order valence-corrected chi connectivity index (χ1v) is 10.1. The van der Waals surface area contributed by atoms with E-state index in [2.05, 4.69) is 27.5 Å². The fourth-order valence-electron chi connectivity index (χ4n) is 4.47. The zero-order chi connectivity index (χ0) is 21.4. The van der Waals surface area contributed by atoms with E-state index in [0.717, 1.165) is 24.1 Å². The van der Waals surface area contributed by atoms with E-state index < -0.39 is 0 Å². The zero-order valence-corrected chi connectivity index (χ0v) is 17.2. The van der Waals surface area contributed by atoms with E-state index in [0.29, 0.717) is 17.3 Å². The standard InChI is InChI=1S/C22H24N6O2/c1-12-20(27-19-11-25-16(9-23)10-26-19)17-8-15(22(30)24-3)6-7-18(17)28(13(2)29)21(12)14-4-5-14/h6-8,10-12,14,20-21H,4-5H2,1-3H3,(H,24,30)(H,26,27)/t12-,20-,21-/m1/s1. The molecule has 4 rings (SSSR count). The highest BCUT2D eigenvalue weighted by Gasteiger charge is 2.47. The molecule has 8 heteroatoms. The third-order valence-corrected chi connectivity index (χ3v) is 5.99. The van der Waals surface area contributed by atoms with Crippen LogP contribution in [0.3, 0.4) is 0 Å². The number of benzene rings is 1. The zero-order valence-electron chi connectivity index (χ0n) is 17.2. The highest BCUT2D eigenvalue weighted by Crippen LogP contribution is 2.50. The highest BCUT2D eigenvalue weighted by molar-refractivity contribution is 5.98. The monoisotopic (exact) mass is 404 g/mol. The van der Waals surface area contributed by atoms with Gasteiger partial charge in [-0.25, -0.2) is 9.97 Å². The van der Waals surface area contributed by atoms with Gasteiger partial charge >= 0.3 is 0 Å². The number of rotatable bonds is 4. The Bertz CT molecular complexity index is 1020. The van der Waals surface area contributed by atoms with Crippen LogP contribution in [-0.4, -0.2) is 34.9 Å². The third kappa shape index (κ3) is 3.47. The minimum Gasteiger partial charge on any atom is -0.362 e. The van der Waals surface area contributed by atoms with Crippen LogP contribution in [0, 0.1) is 23.2 Å². The molecule has 1 aliphatic carbocycles. The second-order valence-corrected chi connectivity index (χ2v) is 7.95. The molecule has 0 bridgehead atoms. The Kier molecular flexibility index (Phi) is 5.12. The third-order valence-electron chi connectivity index (χ3n) is 5.99. The van der Waals surface area contributed by atoms with Gasteiger partial charge in [-0.1, -0.05) is 6.92 Å². The minimum absolute atomic E-state index is 0.00399. The maximum Gasteiger partial charge on any atom is 0.251 e. The Morgan fingerprint density at radius 3 is 2.57 bits per heavy atom. The molecule has 30 heavy (non-hydrogen) atoms. The maximum absolute atomic E-state index is 12.6. The molecule has 1 aromatic carbocycles. The largest absolute Gasteiger partial charge is 0.362 e. The molecule has 2 heterocycles. The molecule has 1 aromatic heterocycles. The lowest BCUT2D eigenvalue weighted by Gasteiger charge is -2.46. The number of amides is 2. The predicted octanol–water partition coefficient (Wildman–Crippen LogP) is 2.64. The van der Waals surface area contributed by atoms with Gasteiger partial charge in [0.05, 0.1) is 18.4 Å². The van der Waals surface area contributed by atoms with Crippen LogP contribution >= 0.6 is 0 Å². The van der Waals surface area contributed by atoms with Gasteiger partial charge in [-0.15, -0.1) is 0 Å². The molecule has 0 spiro atoms. The van der Waals surface area contributed by atoms with Gasteiger partial charge in [0.2, 0.25) is 5.91 Å². The number of hydrogen-bond donors (Lipinski definition) is 2. The molecule has 8 nitrogen and oxygen atoms in total. The normalized spacial score (nSPS) is 22.6. The second kappa shape index (κ2) is 7.75.